The first-order valence-electron chi connectivity index (χ1n) is 9.65. The number of thioether (sulfide) groups is 1. The maximum Gasteiger partial charge on any atom is 0.339 e. The number of imide groups is 1. The number of benzene rings is 2. The van der Waals surface area contributed by atoms with Crippen LogP contribution in [0.5, 0.6) is 0 Å². The lowest BCUT2D eigenvalue weighted by Gasteiger charge is -2.09. The zero-order chi connectivity index (χ0) is 21.9. The summed E-state index contributed by atoms with van der Waals surface area (Å²) in [6.45, 7) is 0.176. The Morgan fingerprint density at radius 2 is 1.71 bits per heavy atom. The molecule has 0 unspecified atom stereocenters. The number of ether oxygens (including phenoxy) is 1. The minimum atomic E-state index is -0.597. The molecule has 2 N–H and O–H groups in total. The first-order valence-corrected chi connectivity index (χ1v) is 10.6. The Morgan fingerprint density at radius 1 is 0.935 bits per heavy atom. The van der Waals surface area contributed by atoms with E-state index in [4.69, 9.17) is 9.15 Å². The van der Waals surface area contributed by atoms with Gasteiger partial charge in [-0.25, -0.2) is 9.59 Å². The third-order valence-electron chi connectivity index (χ3n) is 4.17. The number of amides is 3. The summed E-state index contributed by atoms with van der Waals surface area (Å²) in [5.74, 6) is 0.329. The molecule has 7 nitrogen and oxygen atoms in total. The van der Waals surface area contributed by atoms with Crippen molar-refractivity contribution >= 4 is 29.7 Å². The number of carbonyl (C=O) groups excluding carboxylic acids is 3. The van der Waals surface area contributed by atoms with E-state index in [0.29, 0.717) is 17.9 Å². The number of rotatable bonds is 9. The molecule has 0 saturated heterocycles. The molecule has 0 fully saturated rings. The van der Waals surface area contributed by atoms with Crippen molar-refractivity contribution < 1.29 is 23.5 Å². The highest BCUT2D eigenvalue weighted by Gasteiger charge is 2.15. The van der Waals surface area contributed by atoms with Crippen LogP contribution in [0, 0.1) is 0 Å². The van der Waals surface area contributed by atoms with Crippen molar-refractivity contribution in [2.24, 2.45) is 0 Å². The van der Waals surface area contributed by atoms with E-state index in [-0.39, 0.29) is 13.0 Å². The van der Waals surface area contributed by atoms with E-state index >= 15 is 0 Å². The number of hydrogen-bond acceptors (Lipinski definition) is 6. The molecule has 0 radical (unpaired) electrons. The van der Waals surface area contributed by atoms with Gasteiger partial charge in [0.2, 0.25) is 5.91 Å². The topological polar surface area (TPSA) is 97.6 Å². The second kappa shape index (κ2) is 11.6. The SMILES string of the molecule is O=C(CCOC(=O)c1ccccc1SCc1ccco1)NC(=O)NCc1ccccc1. The van der Waals surface area contributed by atoms with Crippen molar-refractivity contribution in [3.8, 4) is 0 Å². The second-order valence-corrected chi connectivity index (χ2v) is 7.48. The maximum absolute atomic E-state index is 12.4. The van der Waals surface area contributed by atoms with E-state index < -0.39 is 17.9 Å². The number of esters is 1. The standard InChI is InChI=1S/C23H22N2O5S/c26-21(25-23(28)24-15-17-7-2-1-3-8-17)12-14-30-22(27)19-10-4-5-11-20(19)31-16-18-9-6-13-29-18/h1-11,13H,12,14-16H2,(H2,24,25,26,28). The molecule has 0 aliphatic carbocycles. The van der Waals surface area contributed by atoms with Gasteiger partial charge in [-0.1, -0.05) is 42.5 Å². The fourth-order valence-electron chi connectivity index (χ4n) is 2.63. The van der Waals surface area contributed by atoms with Crippen LogP contribution in [-0.4, -0.2) is 24.5 Å². The second-order valence-electron chi connectivity index (χ2n) is 6.47. The van der Waals surface area contributed by atoms with Crippen molar-refractivity contribution in [1.82, 2.24) is 10.6 Å². The monoisotopic (exact) mass is 438 g/mol. The highest BCUT2D eigenvalue weighted by Crippen LogP contribution is 2.27. The van der Waals surface area contributed by atoms with Gasteiger partial charge in [0.05, 0.1) is 24.0 Å². The normalized spacial score (nSPS) is 10.3. The summed E-state index contributed by atoms with van der Waals surface area (Å²) in [5.41, 5.74) is 1.34. The van der Waals surface area contributed by atoms with E-state index in [0.717, 1.165) is 16.2 Å². The fourth-order valence-corrected chi connectivity index (χ4v) is 3.57. The average molecular weight is 439 g/mol. The van der Waals surface area contributed by atoms with Gasteiger partial charge in [0.25, 0.3) is 0 Å². The molecular formula is C23H22N2O5S. The maximum atomic E-state index is 12.4. The molecule has 31 heavy (non-hydrogen) atoms. The summed E-state index contributed by atoms with van der Waals surface area (Å²) >= 11 is 1.46. The summed E-state index contributed by atoms with van der Waals surface area (Å²) in [6, 6.07) is 19.5. The lowest BCUT2D eigenvalue weighted by atomic mass is 10.2. The highest BCUT2D eigenvalue weighted by molar-refractivity contribution is 7.98. The lowest BCUT2D eigenvalue weighted by molar-refractivity contribution is -0.120. The van der Waals surface area contributed by atoms with Crippen LogP contribution in [0.25, 0.3) is 0 Å². The molecule has 8 heteroatoms. The predicted molar refractivity (Wildman–Crippen MR) is 116 cm³/mol. The molecule has 3 aromatic rings. The van der Waals surface area contributed by atoms with E-state index in [1.807, 2.05) is 54.6 Å². The Bertz CT molecular complexity index is 1010. The number of urea groups is 1. The third kappa shape index (κ3) is 7.35. The molecule has 3 rings (SSSR count). The van der Waals surface area contributed by atoms with Crippen LogP contribution in [0.3, 0.4) is 0 Å². The minimum absolute atomic E-state index is 0.119. The van der Waals surface area contributed by atoms with Crippen LogP contribution in [0.1, 0.15) is 28.1 Å². The van der Waals surface area contributed by atoms with E-state index in [1.54, 1.807) is 18.4 Å². The minimum Gasteiger partial charge on any atom is -0.468 e. The molecule has 2 aromatic carbocycles. The van der Waals surface area contributed by atoms with Gasteiger partial charge in [-0.2, -0.15) is 0 Å². The van der Waals surface area contributed by atoms with E-state index in [9.17, 15) is 14.4 Å². The van der Waals surface area contributed by atoms with Gasteiger partial charge in [-0.05, 0) is 29.8 Å². The molecule has 3 amide bonds. The third-order valence-corrected chi connectivity index (χ3v) is 5.26. The number of hydrogen-bond donors (Lipinski definition) is 2. The van der Waals surface area contributed by atoms with Crippen molar-refractivity contribution in [2.45, 2.75) is 23.6 Å². The van der Waals surface area contributed by atoms with Crippen molar-refractivity contribution in [3.05, 3.63) is 89.9 Å². The van der Waals surface area contributed by atoms with Gasteiger partial charge < -0.3 is 14.5 Å². The molecule has 160 valence electrons. The quantitative estimate of drug-likeness (QED) is 0.385. The van der Waals surface area contributed by atoms with Gasteiger partial charge >= 0.3 is 12.0 Å². The smallest absolute Gasteiger partial charge is 0.339 e. The Morgan fingerprint density at radius 3 is 2.48 bits per heavy atom. The molecule has 0 aliphatic rings. The molecule has 1 heterocycles. The Labute approximate surface area is 184 Å². The van der Waals surface area contributed by atoms with Crippen molar-refractivity contribution in [2.75, 3.05) is 6.61 Å². The predicted octanol–water partition coefficient (Wildman–Crippen LogP) is 4.14. The fraction of sp³-hybridized carbons (Fsp3) is 0.174. The van der Waals surface area contributed by atoms with Crippen molar-refractivity contribution in [3.63, 3.8) is 0 Å². The van der Waals surface area contributed by atoms with Gasteiger partial charge in [0.15, 0.2) is 0 Å². The average Bonchev–Trinajstić information content (AvgIpc) is 3.31. The molecule has 0 saturated carbocycles. The summed E-state index contributed by atoms with van der Waals surface area (Å²) in [6.07, 6.45) is 1.48. The first-order chi connectivity index (χ1) is 15.1. The zero-order valence-electron chi connectivity index (χ0n) is 16.7. The molecular weight excluding hydrogens is 416 g/mol. The largest absolute Gasteiger partial charge is 0.468 e. The Balaban J connectivity index is 1.40. The summed E-state index contributed by atoms with van der Waals surface area (Å²) in [4.78, 5) is 36.9. The molecule has 0 atom stereocenters. The van der Waals surface area contributed by atoms with E-state index in [1.165, 1.54) is 11.8 Å². The highest BCUT2D eigenvalue weighted by atomic mass is 32.2. The number of carbonyl (C=O) groups is 3. The van der Waals surface area contributed by atoms with Crippen LogP contribution < -0.4 is 10.6 Å². The van der Waals surface area contributed by atoms with Gasteiger partial charge in [0, 0.05) is 11.4 Å². The number of furan rings is 1. The van der Waals surface area contributed by atoms with Crippen LogP contribution in [0.2, 0.25) is 0 Å². The van der Waals surface area contributed by atoms with Gasteiger partial charge in [-0.15, -0.1) is 11.8 Å². The summed E-state index contributed by atoms with van der Waals surface area (Å²) in [5, 5.41) is 4.82. The first kappa shape index (κ1) is 22.2. The Hall–Kier alpha value is -3.52. The molecule has 0 spiro atoms. The molecule has 1 aromatic heterocycles. The van der Waals surface area contributed by atoms with Crippen LogP contribution >= 0.6 is 11.8 Å². The van der Waals surface area contributed by atoms with E-state index in [2.05, 4.69) is 10.6 Å². The van der Waals surface area contributed by atoms with Crippen molar-refractivity contribution in [1.29, 1.82) is 0 Å². The van der Waals surface area contributed by atoms with Gasteiger partial charge in [0.1, 0.15) is 12.4 Å². The molecule has 0 aliphatic heterocycles. The summed E-state index contributed by atoms with van der Waals surface area (Å²) in [7, 11) is 0. The lowest BCUT2D eigenvalue weighted by Crippen LogP contribution is -2.39. The van der Waals surface area contributed by atoms with Gasteiger partial charge in [-0.3, -0.25) is 10.1 Å². The summed E-state index contributed by atoms with van der Waals surface area (Å²) < 4.78 is 10.5. The number of nitrogens with one attached hydrogen (secondary N) is 2. The molecule has 0 bridgehead atoms. The van der Waals surface area contributed by atoms with Crippen LogP contribution in [0.15, 0.2) is 82.3 Å². The zero-order valence-corrected chi connectivity index (χ0v) is 17.5. The van der Waals surface area contributed by atoms with Crippen LogP contribution in [0.4, 0.5) is 4.79 Å². The van der Waals surface area contributed by atoms with Crippen LogP contribution in [-0.2, 0) is 21.8 Å². The Kier molecular flexibility index (Phi) is 8.30.